The van der Waals surface area contributed by atoms with Gasteiger partial charge in [-0.1, -0.05) is 0 Å². The van der Waals surface area contributed by atoms with E-state index in [1.165, 1.54) is 51.8 Å². The lowest BCUT2D eigenvalue weighted by atomic mass is 10.4. The van der Waals surface area contributed by atoms with Crippen LogP contribution in [-0.4, -0.2) is 163 Å². The van der Waals surface area contributed by atoms with E-state index in [-0.39, 0.29) is 28.5 Å². The van der Waals surface area contributed by atoms with Gasteiger partial charge in [0.25, 0.3) is 0 Å². The van der Waals surface area contributed by atoms with E-state index in [4.69, 9.17) is 9.46 Å². The molecule has 23 nitrogen and oxygen atoms in total. The maximum absolute atomic E-state index is 13.1. The molecule has 11 heterocycles. The molecule has 11 rings (SSSR count). The van der Waals surface area contributed by atoms with Crippen LogP contribution < -0.4 is 31.0 Å². The van der Waals surface area contributed by atoms with Crippen molar-refractivity contribution >= 4 is 41.0 Å². The first-order valence-corrected chi connectivity index (χ1v) is 23.7. The second-order valence-corrected chi connectivity index (χ2v) is 19.0. The Kier molecular flexibility index (Phi) is 13.6. The molecule has 0 N–H and O–H groups in total. The molecule has 0 bridgehead atoms. The molecule has 6 aromatic rings. The fraction of sp³-hybridized carbons (Fsp3) is 0.550. The van der Waals surface area contributed by atoms with E-state index >= 15 is 0 Å². The van der Waals surface area contributed by atoms with Gasteiger partial charge in [0, 0.05) is 88.9 Å². The first kappa shape index (κ1) is 43.5. The SMILES string of the molecule is COn1nnc2cccnc2c1=O.O=c1c2ncccc2nnn1OC(N1CCCC1)N1CCCC1.O=c1c2ncccc2nnn1O[P+](N1CCCC1)(N1CCCC1)N1CCCC1. The zero-order valence-corrected chi connectivity index (χ0v) is 36.8. The summed E-state index contributed by atoms with van der Waals surface area (Å²) in [6.07, 6.45) is 16.1. The Balaban J connectivity index is 0.000000129. The summed E-state index contributed by atoms with van der Waals surface area (Å²) in [5.74, 6) is 0. The Hall–Kier alpha value is -5.71. The Labute approximate surface area is 368 Å². The summed E-state index contributed by atoms with van der Waals surface area (Å²) < 4.78 is 14.2. The lowest BCUT2D eigenvalue weighted by Crippen LogP contribution is -2.54. The summed E-state index contributed by atoms with van der Waals surface area (Å²) in [5, 5.41) is 23.6. The molecule has 0 atom stereocenters. The molecule has 0 amide bonds. The van der Waals surface area contributed by atoms with Crippen molar-refractivity contribution in [3.63, 3.8) is 0 Å². The largest absolute Gasteiger partial charge is 0.451 e. The van der Waals surface area contributed by atoms with E-state index in [9.17, 15) is 14.4 Å². The lowest BCUT2D eigenvalue weighted by Gasteiger charge is -2.39. The molecule has 5 saturated heterocycles. The van der Waals surface area contributed by atoms with Gasteiger partial charge in [-0.15, -0.1) is 29.3 Å². The van der Waals surface area contributed by atoms with Crippen molar-refractivity contribution in [2.45, 2.75) is 70.6 Å². The number of rotatable bonds is 10. The third-order valence-corrected chi connectivity index (χ3v) is 15.8. The van der Waals surface area contributed by atoms with Crippen LogP contribution >= 0.6 is 7.94 Å². The average molecular weight is 899 g/mol. The minimum atomic E-state index is -2.33. The fourth-order valence-electron chi connectivity index (χ4n) is 8.89. The number of fused-ring (bicyclic) bond motifs is 3. The second kappa shape index (κ2) is 20.0. The van der Waals surface area contributed by atoms with E-state index in [1.54, 1.807) is 48.8 Å². The standard InChI is InChI=1S/C18H27N7O2P.C15H20N6O2.C7H6N4O2/c26-18-17-16(8-7-9-19-17)20-21-25(18)27-28(22-10-1-2-11-22,23-12-3-4-13-23)24-14-5-6-15-24;22-14-13-12(6-5-7-16-13)17-18-21(14)23-15(19-8-1-2-9-19)20-10-3-4-11-20;1-13-11-7(12)6-5(9-10-11)3-2-4-8-6/h7-9H,1-6,10-15H2;5-7,15H,1-4,8-11H2;2-4H,1H3/q+1;;. The maximum atomic E-state index is 13.1. The third kappa shape index (κ3) is 9.00. The van der Waals surface area contributed by atoms with Crippen LogP contribution in [0.2, 0.25) is 0 Å². The van der Waals surface area contributed by atoms with Crippen molar-refractivity contribution in [2.24, 2.45) is 0 Å². The first-order chi connectivity index (χ1) is 31.4. The van der Waals surface area contributed by atoms with Gasteiger partial charge in [-0.05, 0) is 126 Å². The van der Waals surface area contributed by atoms with Crippen molar-refractivity contribution in [1.82, 2.24) is 84.2 Å². The van der Waals surface area contributed by atoms with Gasteiger partial charge in [0.05, 0.1) is 0 Å². The van der Waals surface area contributed by atoms with Crippen LogP contribution in [0, 0.1) is 0 Å². The quantitative estimate of drug-likeness (QED) is 0.174. The van der Waals surface area contributed by atoms with Gasteiger partial charge in [0.2, 0.25) is 6.35 Å². The van der Waals surface area contributed by atoms with Crippen molar-refractivity contribution < 1.29 is 14.3 Å². The predicted octanol–water partition coefficient (Wildman–Crippen LogP) is 0.915. The van der Waals surface area contributed by atoms with E-state index in [2.05, 4.69) is 74.5 Å². The molecular formula is C40H53N17O6P+. The first-order valence-electron chi connectivity index (χ1n) is 22.1. The van der Waals surface area contributed by atoms with Gasteiger partial charge in [0.1, 0.15) is 23.7 Å². The summed E-state index contributed by atoms with van der Waals surface area (Å²) in [6.45, 7) is 9.98. The van der Waals surface area contributed by atoms with E-state index in [1.807, 2.05) is 0 Å². The predicted molar refractivity (Wildman–Crippen MR) is 235 cm³/mol. The zero-order chi connectivity index (χ0) is 43.9. The Morgan fingerprint density at radius 3 is 1.23 bits per heavy atom. The highest BCUT2D eigenvalue weighted by atomic mass is 31.2. The Bertz CT molecular complexity index is 2640. The zero-order valence-electron chi connectivity index (χ0n) is 35.9. The number of likely N-dealkylation sites (tertiary alicyclic amines) is 2. The lowest BCUT2D eigenvalue weighted by molar-refractivity contribution is -0.156. The molecular weight excluding hydrogens is 846 g/mol. The summed E-state index contributed by atoms with van der Waals surface area (Å²) >= 11 is 0. The summed E-state index contributed by atoms with van der Waals surface area (Å²) in [4.78, 5) is 67.3. The molecule has 64 heavy (non-hydrogen) atoms. The van der Waals surface area contributed by atoms with E-state index in [0.717, 1.165) is 106 Å². The molecule has 24 heteroatoms. The highest BCUT2D eigenvalue weighted by Crippen LogP contribution is 2.68. The fourth-order valence-corrected chi connectivity index (χ4v) is 13.0. The third-order valence-electron chi connectivity index (χ3n) is 12.0. The highest BCUT2D eigenvalue weighted by molar-refractivity contribution is 7.64. The molecule has 0 aliphatic carbocycles. The molecule has 0 radical (unpaired) electrons. The molecule has 0 saturated carbocycles. The average Bonchev–Trinajstić information content (AvgIpc) is 4.20. The van der Waals surface area contributed by atoms with Crippen molar-refractivity contribution in [2.75, 3.05) is 72.6 Å². The Morgan fingerprint density at radius 2 is 0.828 bits per heavy atom. The van der Waals surface area contributed by atoms with Crippen LogP contribution in [0.25, 0.3) is 33.1 Å². The van der Waals surface area contributed by atoms with Crippen molar-refractivity contribution in [3.8, 4) is 0 Å². The van der Waals surface area contributed by atoms with Gasteiger partial charge >= 0.3 is 24.6 Å². The summed E-state index contributed by atoms with van der Waals surface area (Å²) in [6, 6.07) is 10.3. The monoisotopic (exact) mass is 898 g/mol. The number of hydrogen-bond acceptors (Lipinski definition) is 20. The molecule has 0 aromatic carbocycles. The molecule has 5 aliphatic heterocycles. The van der Waals surface area contributed by atoms with Crippen LogP contribution in [0.5, 0.6) is 0 Å². The molecule has 0 spiro atoms. The minimum Gasteiger partial charge on any atom is -0.396 e. The van der Waals surface area contributed by atoms with Crippen molar-refractivity contribution in [1.29, 1.82) is 0 Å². The molecule has 6 aromatic heterocycles. The maximum Gasteiger partial charge on any atom is 0.451 e. The number of aromatic nitrogens is 12. The van der Waals surface area contributed by atoms with Crippen LogP contribution in [0.1, 0.15) is 64.2 Å². The van der Waals surface area contributed by atoms with Crippen LogP contribution in [0.15, 0.2) is 69.4 Å². The van der Waals surface area contributed by atoms with E-state index in [0.29, 0.717) is 22.1 Å². The van der Waals surface area contributed by atoms with Gasteiger partial charge in [-0.3, -0.25) is 24.2 Å². The second-order valence-electron chi connectivity index (χ2n) is 16.1. The topological polar surface area (TPSA) is 226 Å². The van der Waals surface area contributed by atoms with Crippen LogP contribution in [-0.2, 0) is 0 Å². The molecule has 5 aliphatic rings. The van der Waals surface area contributed by atoms with Gasteiger partial charge < -0.3 is 9.68 Å². The van der Waals surface area contributed by atoms with E-state index < -0.39 is 13.5 Å². The minimum absolute atomic E-state index is 0.249. The normalized spacial score (nSPS) is 19.0. The van der Waals surface area contributed by atoms with Crippen molar-refractivity contribution in [3.05, 3.63) is 86.1 Å². The smallest absolute Gasteiger partial charge is 0.396 e. The number of nitrogens with zero attached hydrogens (tertiary/aromatic N) is 17. The van der Waals surface area contributed by atoms with Crippen LogP contribution in [0.4, 0.5) is 0 Å². The molecule has 0 unspecified atom stereocenters. The molecule has 5 fully saturated rings. The van der Waals surface area contributed by atoms with Gasteiger partial charge in [0.15, 0.2) is 16.6 Å². The Morgan fingerprint density at radius 1 is 0.484 bits per heavy atom. The number of pyridine rings is 3. The summed E-state index contributed by atoms with van der Waals surface area (Å²) in [7, 11) is -0.995. The van der Waals surface area contributed by atoms with Gasteiger partial charge in [-0.2, -0.15) is 4.62 Å². The number of hydrogen-bond donors (Lipinski definition) is 0. The summed E-state index contributed by atoms with van der Waals surface area (Å²) in [5.41, 5.74) is 1.18. The van der Waals surface area contributed by atoms with Crippen LogP contribution in [0.3, 0.4) is 0 Å². The highest BCUT2D eigenvalue weighted by Gasteiger charge is 2.64. The van der Waals surface area contributed by atoms with Gasteiger partial charge in [-0.25, -0.2) is 15.0 Å². The molecule has 338 valence electrons.